The Labute approximate surface area is 121 Å². The molecule has 112 valence electrons. The number of carbonyl (C=O) groups is 1. The van der Waals surface area contributed by atoms with E-state index in [2.05, 4.69) is 15.6 Å². The van der Waals surface area contributed by atoms with E-state index in [-0.39, 0.29) is 24.9 Å². The van der Waals surface area contributed by atoms with Gasteiger partial charge in [0.05, 0.1) is 12.7 Å². The first kappa shape index (κ1) is 15.0. The molecule has 8 heteroatoms. The molecule has 20 heavy (non-hydrogen) atoms. The third-order valence-electron chi connectivity index (χ3n) is 3.15. The monoisotopic (exact) mass is 300 g/mol. The molecular weight excluding hydrogens is 280 g/mol. The summed E-state index contributed by atoms with van der Waals surface area (Å²) in [6.07, 6.45) is 2.75. The largest absolute Gasteiger partial charge is 0.389 e. The molecule has 1 saturated carbocycles. The number of amides is 1. The lowest BCUT2D eigenvalue weighted by molar-refractivity contribution is 0.0611. The summed E-state index contributed by atoms with van der Waals surface area (Å²) in [5.41, 5.74) is 5.75. The van der Waals surface area contributed by atoms with Crippen LogP contribution in [-0.4, -0.2) is 48.4 Å². The minimum absolute atomic E-state index is 0.120. The van der Waals surface area contributed by atoms with Crippen LogP contribution in [0.15, 0.2) is 0 Å². The average Bonchev–Trinajstić information content (AvgIpc) is 2.73. The Bertz CT molecular complexity index is 462. The molecular formula is C12H20N4O3S. The van der Waals surface area contributed by atoms with Crippen LogP contribution in [0.3, 0.4) is 0 Å². The summed E-state index contributed by atoms with van der Waals surface area (Å²) in [7, 11) is 1.49. The molecule has 1 fully saturated rings. The maximum atomic E-state index is 12.0. The maximum absolute atomic E-state index is 12.0. The van der Waals surface area contributed by atoms with Crippen molar-refractivity contribution < 1.29 is 14.6 Å². The second kappa shape index (κ2) is 6.87. The van der Waals surface area contributed by atoms with E-state index in [9.17, 15) is 9.90 Å². The minimum atomic E-state index is -0.731. The Morgan fingerprint density at radius 1 is 1.65 bits per heavy atom. The number of aliphatic hydroxyl groups excluding tert-OH is 1. The summed E-state index contributed by atoms with van der Waals surface area (Å²) in [4.78, 5) is 16.5. The number of methoxy groups -OCH3 is 1. The first-order chi connectivity index (χ1) is 9.60. The number of ether oxygens (including phenoxy) is 1. The van der Waals surface area contributed by atoms with Gasteiger partial charge in [0.2, 0.25) is 0 Å². The number of nitrogens with one attached hydrogen (secondary N) is 2. The van der Waals surface area contributed by atoms with Crippen molar-refractivity contribution in [2.75, 3.05) is 31.3 Å². The SMILES string of the molecule is COCC(O)CNC(=O)c1sc(NC2CCC2)nc1N. The molecule has 1 amide bonds. The Hall–Kier alpha value is -1.38. The van der Waals surface area contributed by atoms with Gasteiger partial charge in [-0.2, -0.15) is 0 Å². The molecule has 0 bridgehead atoms. The number of hydrogen-bond acceptors (Lipinski definition) is 7. The molecule has 0 radical (unpaired) electrons. The van der Waals surface area contributed by atoms with Gasteiger partial charge in [-0.1, -0.05) is 11.3 Å². The van der Waals surface area contributed by atoms with Gasteiger partial charge in [-0.15, -0.1) is 0 Å². The third-order valence-corrected chi connectivity index (χ3v) is 4.15. The molecule has 0 aromatic carbocycles. The van der Waals surface area contributed by atoms with E-state index in [0.29, 0.717) is 16.1 Å². The molecule has 7 nitrogen and oxygen atoms in total. The zero-order valence-electron chi connectivity index (χ0n) is 11.4. The van der Waals surface area contributed by atoms with Crippen molar-refractivity contribution in [2.24, 2.45) is 0 Å². The van der Waals surface area contributed by atoms with Crippen LogP contribution in [0.4, 0.5) is 10.9 Å². The van der Waals surface area contributed by atoms with Crippen LogP contribution in [0.5, 0.6) is 0 Å². The summed E-state index contributed by atoms with van der Waals surface area (Å²) in [6, 6.07) is 0.444. The molecule has 2 rings (SSSR count). The quantitative estimate of drug-likeness (QED) is 0.581. The smallest absolute Gasteiger partial charge is 0.265 e. The van der Waals surface area contributed by atoms with Crippen LogP contribution in [-0.2, 0) is 4.74 Å². The Morgan fingerprint density at radius 2 is 2.40 bits per heavy atom. The molecule has 5 N–H and O–H groups in total. The standard InChI is InChI=1S/C12H20N4O3S/c1-19-6-8(17)5-14-11(18)9-10(13)16-12(20-9)15-7-3-2-4-7/h7-8,17H,2-6,13H2,1H3,(H,14,18)(H,15,16). The van der Waals surface area contributed by atoms with Gasteiger partial charge in [0.25, 0.3) is 5.91 Å². The molecule has 1 aromatic rings. The van der Waals surface area contributed by atoms with Crippen molar-refractivity contribution in [1.29, 1.82) is 0 Å². The number of aromatic nitrogens is 1. The molecule has 1 heterocycles. The summed E-state index contributed by atoms with van der Waals surface area (Å²) in [5.74, 6) is -0.104. The molecule has 1 aliphatic carbocycles. The van der Waals surface area contributed by atoms with Gasteiger partial charge in [-0.25, -0.2) is 4.98 Å². The van der Waals surface area contributed by atoms with Crippen LogP contribution >= 0.6 is 11.3 Å². The van der Waals surface area contributed by atoms with Gasteiger partial charge >= 0.3 is 0 Å². The van der Waals surface area contributed by atoms with Crippen LogP contribution in [0.1, 0.15) is 28.9 Å². The topological polar surface area (TPSA) is 110 Å². The highest BCUT2D eigenvalue weighted by molar-refractivity contribution is 7.18. The summed E-state index contributed by atoms with van der Waals surface area (Å²) in [6.45, 7) is 0.294. The average molecular weight is 300 g/mol. The first-order valence-electron chi connectivity index (χ1n) is 6.58. The van der Waals surface area contributed by atoms with Crippen molar-refractivity contribution in [3.8, 4) is 0 Å². The van der Waals surface area contributed by atoms with Crippen molar-refractivity contribution in [3.05, 3.63) is 4.88 Å². The number of nitrogens with two attached hydrogens (primary N) is 1. The number of anilines is 2. The lowest BCUT2D eigenvalue weighted by Crippen LogP contribution is -2.34. The Morgan fingerprint density at radius 3 is 3.00 bits per heavy atom. The molecule has 0 saturated heterocycles. The number of hydrogen-bond donors (Lipinski definition) is 4. The second-order valence-corrected chi connectivity index (χ2v) is 5.82. The summed E-state index contributed by atoms with van der Waals surface area (Å²) < 4.78 is 4.79. The predicted molar refractivity (Wildman–Crippen MR) is 78.0 cm³/mol. The number of nitrogen functional groups attached to an aromatic ring is 1. The zero-order valence-corrected chi connectivity index (χ0v) is 12.2. The fourth-order valence-electron chi connectivity index (χ4n) is 1.83. The van der Waals surface area contributed by atoms with Gasteiger partial charge in [0.15, 0.2) is 5.13 Å². The highest BCUT2D eigenvalue weighted by atomic mass is 32.1. The first-order valence-corrected chi connectivity index (χ1v) is 7.40. The van der Waals surface area contributed by atoms with E-state index in [1.54, 1.807) is 0 Å². The molecule has 1 atom stereocenters. The Balaban J connectivity index is 1.88. The lowest BCUT2D eigenvalue weighted by atomic mass is 9.93. The predicted octanol–water partition coefficient (Wildman–Crippen LogP) is 0.427. The highest BCUT2D eigenvalue weighted by Gasteiger charge is 2.21. The normalized spacial score (nSPS) is 16.5. The van der Waals surface area contributed by atoms with E-state index < -0.39 is 6.10 Å². The lowest BCUT2D eigenvalue weighted by Gasteiger charge is -2.25. The molecule has 1 aliphatic rings. The van der Waals surface area contributed by atoms with Gasteiger partial charge in [0, 0.05) is 19.7 Å². The van der Waals surface area contributed by atoms with Crippen molar-refractivity contribution in [3.63, 3.8) is 0 Å². The molecule has 0 spiro atoms. The van der Waals surface area contributed by atoms with E-state index in [0.717, 1.165) is 12.8 Å². The van der Waals surface area contributed by atoms with Crippen molar-refractivity contribution in [1.82, 2.24) is 10.3 Å². The highest BCUT2D eigenvalue weighted by Crippen LogP contribution is 2.29. The third kappa shape index (κ3) is 3.81. The summed E-state index contributed by atoms with van der Waals surface area (Å²) in [5, 5.41) is 16.0. The fourth-order valence-corrected chi connectivity index (χ4v) is 2.70. The number of thiazole rings is 1. The van der Waals surface area contributed by atoms with Crippen LogP contribution in [0, 0.1) is 0 Å². The van der Waals surface area contributed by atoms with Crippen molar-refractivity contribution >= 4 is 28.2 Å². The zero-order chi connectivity index (χ0) is 14.5. The van der Waals surface area contributed by atoms with Gasteiger partial charge < -0.3 is 26.2 Å². The van der Waals surface area contributed by atoms with E-state index in [1.165, 1.54) is 24.9 Å². The number of rotatable bonds is 7. The Kier molecular flexibility index (Phi) is 5.16. The maximum Gasteiger partial charge on any atom is 0.265 e. The summed E-state index contributed by atoms with van der Waals surface area (Å²) >= 11 is 1.24. The van der Waals surface area contributed by atoms with E-state index >= 15 is 0 Å². The van der Waals surface area contributed by atoms with Gasteiger partial charge in [0.1, 0.15) is 10.7 Å². The number of aliphatic hydroxyl groups is 1. The van der Waals surface area contributed by atoms with Crippen LogP contribution < -0.4 is 16.4 Å². The minimum Gasteiger partial charge on any atom is -0.389 e. The van der Waals surface area contributed by atoms with Gasteiger partial charge in [-0.05, 0) is 19.3 Å². The van der Waals surface area contributed by atoms with E-state index in [4.69, 9.17) is 10.5 Å². The van der Waals surface area contributed by atoms with E-state index in [1.807, 2.05) is 0 Å². The van der Waals surface area contributed by atoms with Crippen LogP contribution in [0.2, 0.25) is 0 Å². The van der Waals surface area contributed by atoms with Crippen molar-refractivity contribution in [2.45, 2.75) is 31.4 Å². The molecule has 1 unspecified atom stereocenters. The van der Waals surface area contributed by atoms with Gasteiger partial charge in [-0.3, -0.25) is 4.79 Å². The molecule has 0 aliphatic heterocycles. The molecule has 1 aromatic heterocycles. The second-order valence-electron chi connectivity index (χ2n) is 4.82. The fraction of sp³-hybridized carbons (Fsp3) is 0.667. The number of carbonyl (C=O) groups excluding carboxylic acids is 1. The van der Waals surface area contributed by atoms with Crippen LogP contribution in [0.25, 0.3) is 0 Å². The number of nitrogens with zero attached hydrogens (tertiary/aromatic N) is 1.